The van der Waals surface area contributed by atoms with E-state index in [0.29, 0.717) is 22.9 Å². The molecule has 0 aromatic heterocycles. The van der Waals surface area contributed by atoms with Crippen LogP contribution in [0.25, 0.3) is 0 Å². The predicted octanol–water partition coefficient (Wildman–Crippen LogP) is 4.81. The lowest BCUT2D eigenvalue weighted by Gasteiger charge is -2.07. The summed E-state index contributed by atoms with van der Waals surface area (Å²) in [7, 11) is -3.11. The van der Waals surface area contributed by atoms with Gasteiger partial charge in [0.25, 0.3) is 0 Å². The molecule has 0 unspecified atom stereocenters. The molecule has 23 heavy (non-hydrogen) atoms. The van der Waals surface area contributed by atoms with Gasteiger partial charge in [0, 0.05) is 10.0 Å². The van der Waals surface area contributed by atoms with Crippen molar-refractivity contribution in [3.05, 3.63) is 68.7 Å². The fraction of sp³-hybridized carbons (Fsp3) is 0.333. The Labute approximate surface area is 148 Å². The maximum Gasteiger partial charge on any atom is 0.150 e. The number of sulfone groups is 1. The van der Waals surface area contributed by atoms with E-state index in [0.717, 1.165) is 22.3 Å². The van der Waals surface area contributed by atoms with Crippen molar-refractivity contribution in [3.8, 4) is 0 Å². The van der Waals surface area contributed by atoms with Crippen LogP contribution in [0.4, 0.5) is 0 Å². The van der Waals surface area contributed by atoms with Crippen LogP contribution < -0.4 is 0 Å². The Morgan fingerprint density at radius 1 is 0.783 bits per heavy atom. The van der Waals surface area contributed by atoms with Crippen LogP contribution in [0.3, 0.4) is 0 Å². The normalized spacial score (nSPS) is 11.7. The van der Waals surface area contributed by atoms with Gasteiger partial charge in [0.05, 0.1) is 11.5 Å². The zero-order chi connectivity index (χ0) is 17.0. The van der Waals surface area contributed by atoms with Crippen molar-refractivity contribution in [3.63, 3.8) is 0 Å². The van der Waals surface area contributed by atoms with Gasteiger partial charge in [-0.15, -0.1) is 0 Å². The molecule has 0 bridgehead atoms. The highest BCUT2D eigenvalue weighted by Gasteiger charge is 2.12. The van der Waals surface area contributed by atoms with Gasteiger partial charge in [0.15, 0.2) is 9.84 Å². The summed E-state index contributed by atoms with van der Waals surface area (Å²) in [5.41, 5.74) is 3.88. The van der Waals surface area contributed by atoms with Gasteiger partial charge in [0.2, 0.25) is 0 Å². The van der Waals surface area contributed by atoms with E-state index in [1.807, 2.05) is 50.2 Å². The smallest absolute Gasteiger partial charge is 0.150 e. The van der Waals surface area contributed by atoms with Crippen molar-refractivity contribution < 1.29 is 8.42 Å². The highest BCUT2D eigenvalue weighted by molar-refractivity contribution is 7.91. The average Bonchev–Trinajstić information content (AvgIpc) is 2.50. The van der Waals surface area contributed by atoms with E-state index < -0.39 is 9.84 Å². The van der Waals surface area contributed by atoms with Gasteiger partial charge >= 0.3 is 0 Å². The van der Waals surface area contributed by atoms with Crippen molar-refractivity contribution in [1.82, 2.24) is 0 Å². The summed E-state index contributed by atoms with van der Waals surface area (Å²) in [4.78, 5) is 0. The van der Waals surface area contributed by atoms with Crippen molar-refractivity contribution >= 4 is 33.0 Å². The third kappa shape index (κ3) is 5.52. The number of rotatable bonds is 6. The second-order valence-electron chi connectivity index (χ2n) is 5.82. The second-order valence-corrected chi connectivity index (χ2v) is 8.94. The molecule has 0 amide bonds. The van der Waals surface area contributed by atoms with E-state index in [9.17, 15) is 8.42 Å². The van der Waals surface area contributed by atoms with Gasteiger partial charge in [-0.3, -0.25) is 0 Å². The van der Waals surface area contributed by atoms with Gasteiger partial charge in [0.1, 0.15) is 0 Å². The summed E-state index contributed by atoms with van der Waals surface area (Å²) in [5, 5.41) is 1.35. The van der Waals surface area contributed by atoms with Gasteiger partial charge < -0.3 is 0 Å². The van der Waals surface area contributed by atoms with Crippen molar-refractivity contribution in [2.24, 2.45) is 0 Å². The third-order valence-corrected chi connectivity index (χ3v) is 6.34. The van der Waals surface area contributed by atoms with Crippen LogP contribution in [-0.4, -0.2) is 19.9 Å². The molecule has 124 valence electrons. The lowest BCUT2D eigenvalue weighted by atomic mass is 10.1. The first kappa shape index (κ1) is 18.3. The summed E-state index contributed by atoms with van der Waals surface area (Å²) in [6, 6.07) is 11.4. The Morgan fingerprint density at radius 2 is 1.17 bits per heavy atom. The van der Waals surface area contributed by atoms with Gasteiger partial charge in [-0.25, -0.2) is 8.42 Å². The highest BCUT2D eigenvalue weighted by atomic mass is 35.5. The fourth-order valence-electron chi connectivity index (χ4n) is 2.23. The molecule has 0 heterocycles. The molecule has 2 aromatic rings. The average molecular weight is 371 g/mol. The summed E-state index contributed by atoms with van der Waals surface area (Å²) in [6.45, 7) is 3.85. The molecule has 2 aromatic carbocycles. The molecule has 0 aliphatic rings. The minimum atomic E-state index is -3.11. The van der Waals surface area contributed by atoms with Crippen LogP contribution in [0.1, 0.15) is 22.3 Å². The Kier molecular flexibility index (Phi) is 6.12. The van der Waals surface area contributed by atoms with Crippen molar-refractivity contribution in [2.75, 3.05) is 11.5 Å². The standard InChI is InChI=1S/C18H20Cl2O2S/c1-13-3-5-15(11-17(13)19)7-9-23(21,22)10-8-16-6-4-14(2)18(20)12-16/h3-6,11-12H,7-10H2,1-2H3. The third-order valence-electron chi connectivity index (χ3n) is 3.88. The SMILES string of the molecule is Cc1ccc(CCS(=O)(=O)CCc2ccc(C)c(Cl)c2)cc1Cl. The van der Waals surface area contributed by atoms with Crippen LogP contribution in [0.15, 0.2) is 36.4 Å². The molecule has 0 radical (unpaired) electrons. The number of halogens is 2. The molecular formula is C18H20Cl2O2S. The zero-order valence-electron chi connectivity index (χ0n) is 13.3. The first-order valence-corrected chi connectivity index (χ1v) is 10.0. The van der Waals surface area contributed by atoms with Crippen molar-refractivity contribution in [2.45, 2.75) is 26.7 Å². The molecule has 0 N–H and O–H groups in total. The lowest BCUT2D eigenvalue weighted by molar-refractivity contribution is 0.594. The van der Waals surface area contributed by atoms with E-state index in [1.54, 1.807) is 0 Å². The predicted molar refractivity (Wildman–Crippen MR) is 98.4 cm³/mol. The largest absolute Gasteiger partial charge is 0.229 e. The molecule has 0 aliphatic carbocycles. The van der Waals surface area contributed by atoms with E-state index >= 15 is 0 Å². The fourth-order valence-corrected chi connectivity index (χ4v) is 3.94. The monoisotopic (exact) mass is 370 g/mol. The Hall–Kier alpha value is -1.03. The van der Waals surface area contributed by atoms with Gasteiger partial charge in [-0.05, 0) is 61.1 Å². The van der Waals surface area contributed by atoms with Crippen LogP contribution in [0, 0.1) is 13.8 Å². The first-order chi connectivity index (χ1) is 10.8. The molecule has 0 aliphatic heterocycles. The van der Waals surface area contributed by atoms with Crippen LogP contribution in [-0.2, 0) is 22.7 Å². The van der Waals surface area contributed by atoms with Crippen LogP contribution >= 0.6 is 23.2 Å². The lowest BCUT2D eigenvalue weighted by Crippen LogP contribution is -2.15. The van der Waals surface area contributed by atoms with Gasteiger partial charge in [-0.1, -0.05) is 47.5 Å². The Morgan fingerprint density at radius 3 is 1.52 bits per heavy atom. The molecule has 2 nitrogen and oxygen atoms in total. The highest BCUT2D eigenvalue weighted by Crippen LogP contribution is 2.19. The van der Waals surface area contributed by atoms with Gasteiger partial charge in [-0.2, -0.15) is 0 Å². The second kappa shape index (κ2) is 7.69. The number of aryl methyl sites for hydroxylation is 4. The summed E-state index contributed by atoms with van der Waals surface area (Å²) < 4.78 is 24.4. The minimum Gasteiger partial charge on any atom is -0.229 e. The quantitative estimate of drug-likeness (QED) is 0.730. The molecule has 0 atom stereocenters. The Balaban J connectivity index is 1.93. The number of hydrogen-bond acceptors (Lipinski definition) is 2. The molecule has 0 fully saturated rings. The molecule has 0 saturated heterocycles. The molecule has 5 heteroatoms. The Bertz CT molecular complexity index is 737. The zero-order valence-corrected chi connectivity index (χ0v) is 15.6. The van der Waals surface area contributed by atoms with E-state index in [1.165, 1.54) is 0 Å². The van der Waals surface area contributed by atoms with Crippen molar-refractivity contribution in [1.29, 1.82) is 0 Å². The van der Waals surface area contributed by atoms with E-state index in [-0.39, 0.29) is 11.5 Å². The van der Waals surface area contributed by atoms with Crippen LogP contribution in [0.5, 0.6) is 0 Å². The maximum absolute atomic E-state index is 12.2. The first-order valence-electron chi connectivity index (χ1n) is 7.47. The molecule has 2 rings (SSSR count). The maximum atomic E-state index is 12.2. The summed E-state index contributed by atoms with van der Waals surface area (Å²) >= 11 is 12.1. The van der Waals surface area contributed by atoms with Crippen LogP contribution in [0.2, 0.25) is 10.0 Å². The number of hydrogen-bond donors (Lipinski definition) is 0. The van der Waals surface area contributed by atoms with E-state index in [4.69, 9.17) is 23.2 Å². The summed E-state index contributed by atoms with van der Waals surface area (Å²) in [6.07, 6.45) is 0.966. The number of benzene rings is 2. The summed E-state index contributed by atoms with van der Waals surface area (Å²) in [5.74, 6) is 0.262. The molecule has 0 spiro atoms. The minimum absolute atomic E-state index is 0.131. The van der Waals surface area contributed by atoms with E-state index in [2.05, 4.69) is 0 Å². The molecule has 0 saturated carbocycles. The molecular weight excluding hydrogens is 351 g/mol. The topological polar surface area (TPSA) is 34.1 Å².